The van der Waals surface area contributed by atoms with E-state index >= 15 is 0 Å². The molecule has 29 heavy (non-hydrogen) atoms. The van der Waals surface area contributed by atoms with Crippen LogP contribution in [0, 0.1) is 0 Å². The molecule has 1 fully saturated rings. The maximum Gasteiger partial charge on any atom is 0.255 e. The van der Waals surface area contributed by atoms with Gasteiger partial charge in [0, 0.05) is 38.2 Å². The van der Waals surface area contributed by atoms with Gasteiger partial charge in [-0.3, -0.25) is 14.4 Å². The lowest BCUT2D eigenvalue weighted by atomic mass is 10.1. The van der Waals surface area contributed by atoms with Gasteiger partial charge in [-0.15, -0.1) is 12.4 Å². The number of halogens is 1. The van der Waals surface area contributed by atoms with Crippen molar-refractivity contribution in [3.63, 3.8) is 0 Å². The Morgan fingerprint density at radius 2 is 1.76 bits per heavy atom. The number of nitrogens with zero attached hydrogens (tertiary/aromatic N) is 1. The van der Waals surface area contributed by atoms with E-state index in [1.54, 1.807) is 36.4 Å². The van der Waals surface area contributed by atoms with Crippen LogP contribution in [0.1, 0.15) is 39.1 Å². The maximum atomic E-state index is 12.6. The second kappa shape index (κ2) is 10.6. The van der Waals surface area contributed by atoms with Crippen molar-refractivity contribution < 1.29 is 14.4 Å². The zero-order valence-electron chi connectivity index (χ0n) is 16.0. The summed E-state index contributed by atoms with van der Waals surface area (Å²) in [4.78, 5) is 38.4. The second-order valence-electron chi connectivity index (χ2n) is 6.66. The third-order valence-electron chi connectivity index (χ3n) is 4.61. The molecule has 4 N–H and O–H groups in total. The lowest BCUT2D eigenvalue weighted by molar-refractivity contribution is -0.128. The molecule has 0 aromatic heterocycles. The minimum atomic E-state index is -0.303. The first-order chi connectivity index (χ1) is 13.6. The predicted octanol–water partition coefficient (Wildman–Crippen LogP) is 2.17. The highest BCUT2D eigenvalue weighted by atomic mass is 35.5. The summed E-state index contributed by atoms with van der Waals surface area (Å²) in [5.41, 5.74) is 7.70. The molecular weight excluding hydrogens is 392 g/mol. The number of rotatable bonds is 7. The van der Waals surface area contributed by atoms with Gasteiger partial charge in [0.25, 0.3) is 11.8 Å². The SMILES string of the molecule is Cl.NCCNC(=O)c1ccccc1NC(=O)c1ccc(CN2CCCC2=O)cc1. The van der Waals surface area contributed by atoms with Crippen LogP contribution < -0.4 is 16.4 Å². The van der Waals surface area contributed by atoms with Gasteiger partial charge in [-0.1, -0.05) is 24.3 Å². The number of nitrogens with one attached hydrogen (secondary N) is 2. The van der Waals surface area contributed by atoms with Crippen LogP contribution in [0.25, 0.3) is 0 Å². The molecule has 1 heterocycles. The molecule has 1 saturated heterocycles. The second-order valence-corrected chi connectivity index (χ2v) is 6.66. The molecule has 2 aromatic rings. The number of amides is 3. The standard InChI is InChI=1S/C21H24N4O3.ClH/c22-11-12-23-21(28)17-4-1-2-5-18(17)24-20(27)16-9-7-15(8-10-16)14-25-13-3-6-19(25)26;/h1-2,4-5,7-10H,3,6,11-14,22H2,(H,23,28)(H,24,27);1H. The van der Waals surface area contributed by atoms with Crippen molar-refractivity contribution in [2.24, 2.45) is 5.73 Å². The fraction of sp³-hybridized carbons (Fsp3) is 0.286. The topological polar surface area (TPSA) is 105 Å². The fourth-order valence-electron chi connectivity index (χ4n) is 3.12. The minimum absolute atomic E-state index is 0. The summed E-state index contributed by atoms with van der Waals surface area (Å²) in [6, 6.07) is 14.0. The van der Waals surface area contributed by atoms with Crippen molar-refractivity contribution in [1.82, 2.24) is 10.2 Å². The smallest absolute Gasteiger partial charge is 0.255 e. The molecule has 7 nitrogen and oxygen atoms in total. The highest BCUT2D eigenvalue weighted by Crippen LogP contribution is 2.18. The number of hydrogen-bond acceptors (Lipinski definition) is 4. The number of hydrogen-bond donors (Lipinski definition) is 3. The van der Waals surface area contributed by atoms with Crippen LogP contribution >= 0.6 is 12.4 Å². The van der Waals surface area contributed by atoms with E-state index in [9.17, 15) is 14.4 Å². The highest BCUT2D eigenvalue weighted by Gasteiger charge is 2.20. The van der Waals surface area contributed by atoms with Crippen molar-refractivity contribution in [3.8, 4) is 0 Å². The molecule has 3 amide bonds. The Bertz CT molecular complexity index is 870. The molecule has 1 aliphatic rings. The molecular formula is C21H25ClN4O3. The van der Waals surface area contributed by atoms with Gasteiger partial charge < -0.3 is 21.3 Å². The minimum Gasteiger partial charge on any atom is -0.351 e. The number of para-hydroxylation sites is 1. The number of carbonyl (C=O) groups is 3. The third kappa shape index (κ3) is 5.79. The Hall–Kier alpha value is -2.90. The number of nitrogens with two attached hydrogens (primary N) is 1. The largest absolute Gasteiger partial charge is 0.351 e. The van der Waals surface area contributed by atoms with Crippen molar-refractivity contribution in [2.45, 2.75) is 19.4 Å². The van der Waals surface area contributed by atoms with Gasteiger partial charge in [0.1, 0.15) is 0 Å². The molecule has 3 rings (SSSR count). The van der Waals surface area contributed by atoms with E-state index in [2.05, 4.69) is 10.6 Å². The summed E-state index contributed by atoms with van der Waals surface area (Å²) >= 11 is 0. The first-order valence-corrected chi connectivity index (χ1v) is 9.34. The number of likely N-dealkylation sites (tertiary alicyclic amines) is 1. The Morgan fingerprint density at radius 1 is 1.03 bits per heavy atom. The van der Waals surface area contributed by atoms with Crippen LogP contribution in [0.4, 0.5) is 5.69 Å². The van der Waals surface area contributed by atoms with Gasteiger partial charge in [0.05, 0.1) is 11.3 Å². The van der Waals surface area contributed by atoms with Crippen molar-refractivity contribution in [3.05, 3.63) is 65.2 Å². The quantitative estimate of drug-likeness (QED) is 0.643. The Morgan fingerprint density at radius 3 is 2.41 bits per heavy atom. The molecule has 0 saturated carbocycles. The summed E-state index contributed by atoms with van der Waals surface area (Å²) in [5, 5.41) is 5.49. The average Bonchev–Trinajstić information content (AvgIpc) is 3.11. The molecule has 8 heteroatoms. The predicted molar refractivity (Wildman–Crippen MR) is 114 cm³/mol. The van der Waals surface area contributed by atoms with E-state index in [4.69, 9.17) is 5.73 Å². The van der Waals surface area contributed by atoms with Crippen molar-refractivity contribution in [2.75, 3.05) is 25.0 Å². The summed E-state index contributed by atoms with van der Waals surface area (Å²) in [5.74, 6) is -0.416. The molecule has 0 atom stereocenters. The summed E-state index contributed by atoms with van der Waals surface area (Å²) in [6.07, 6.45) is 1.51. The number of carbonyl (C=O) groups excluding carboxylic acids is 3. The molecule has 0 bridgehead atoms. The normalized spacial score (nSPS) is 13.0. The highest BCUT2D eigenvalue weighted by molar-refractivity contribution is 6.09. The van der Waals surface area contributed by atoms with Crippen LogP contribution in [-0.4, -0.2) is 42.3 Å². The van der Waals surface area contributed by atoms with Gasteiger partial charge in [-0.25, -0.2) is 0 Å². The molecule has 1 aliphatic heterocycles. The molecule has 2 aromatic carbocycles. The molecule has 154 valence electrons. The Labute approximate surface area is 176 Å². The van der Waals surface area contributed by atoms with E-state index in [0.717, 1.165) is 18.5 Å². The van der Waals surface area contributed by atoms with Gasteiger partial charge in [0.2, 0.25) is 5.91 Å². The maximum absolute atomic E-state index is 12.6. The van der Waals surface area contributed by atoms with Crippen molar-refractivity contribution in [1.29, 1.82) is 0 Å². The lowest BCUT2D eigenvalue weighted by Crippen LogP contribution is -2.30. The molecule has 0 spiro atoms. The third-order valence-corrected chi connectivity index (χ3v) is 4.61. The van der Waals surface area contributed by atoms with E-state index in [1.165, 1.54) is 0 Å². The average molecular weight is 417 g/mol. The van der Waals surface area contributed by atoms with E-state index < -0.39 is 0 Å². The Kier molecular flexibility index (Phi) is 8.18. The first-order valence-electron chi connectivity index (χ1n) is 9.34. The van der Waals surface area contributed by atoms with Gasteiger partial charge in [-0.2, -0.15) is 0 Å². The Balaban J connectivity index is 0.00000300. The summed E-state index contributed by atoms with van der Waals surface area (Å²) in [7, 11) is 0. The molecule has 0 unspecified atom stereocenters. The summed E-state index contributed by atoms with van der Waals surface area (Å²) in [6.45, 7) is 2.05. The van der Waals surface area contributed by atoms with Gasteiger partial charge >= 0.3 is 0 Å². The van der Waals surface area contributed by atoms with E-state index in [-0.39, 0.29) is 30.1 Å². The van der Waals surface area contributed by atoms with Crippen LogP contribution in [-0.2, 0) is 11.3 Å². The van der Waals surface area contributed by atoms with E-state index in [0.29, 0.717) is 42.9 Å². The zero-order chi connectivity index (χ0) is 19.9. The van der Waals surface area contributed by atoms with Crippen LogP contribution in [0.3, 0.4) is 0 Å². The van der Waals surface area contributed by atoms with Crippen molar-refractivity contribution >= 4 is 35.8 Å². The van der Waals surface area contributed by atoms with Gasteiger partial charge in [-0.05, 0) is 36.2 Å². The molecule has 0 aliphatic carbocycles. The van der Waals surface area contributed by atoms with Gasteiger partial charge in [0.15, 0.2) is 0 Å². The van der Waals surface area contributed by atoms with Crippen LogP contribution in [0.2, 0.25) is 0 Å². The number of anilines is 1. The lowest BCUT2D eigenvalue weighted by Gasteiger charge is -2.15. The fourth-order valence-corrected chi connectivity index (χ4v) is 3.12. The zero-order valence-corrected chi connectivity index (χ0v) is 16.8. The van der Waals surface area contributed by atoms with Crippen LogP contribution in [0.15, 0.2) is 48.5 Å². The molecule has 0 radical (unpaired) electrons. The number of benzene rings is 2. The monoisotopic (exact) mass is 416 g/mol. The van der Waals surface area contributed by atoms with Crippen LogP contribution in [0.5, 0.6) is 0 Å². The first kappa shape index (κ1) is 22.4. The summed E-state index contributed by atoms with van der Waals surface area (Å²) < 4.78 is 0. The van der Waals surface area contributed by atoms with E-state index in [1.807, 2.05) is 17.0 Å².